The van der Waals surface area contributed by atoms with Gasteiger partial charge in [0.2, 0.25) is 0 Å². The number of fused-ring (bicyclic) bond motifs is 5. The minimum Gasteiger partial charge on any atom is -0.456 e. The first kappa shape index (κ1) is 30.2. The van der Waals surface area contributed by atoms with Crippen molar-refractivity contribution in [1.82, 2.24) is 19.5 Å². The largest absolute Gasteiger partial charge is 0.456 e. The van der Waals surface area contributed by atoms with Crippen LogP contribution in [-0.2, 0) is 4.57 Å². The quantitative estimate of drug-likeness (QED) is 0.169. The average Bonchev–Trinajstić information content (AvgIpc) is 3.54. The Morgan fingerprint density at radius 3 is 1.63 bits per heavy atom. The second kappa shape index (κ2) is 12.0. The predicted molar refractivity (Wildman–Crippen MR) is 210 cm³/mol. The van der Waals surface area contributed by atoms with E-state index in [1.54, 1.807) is 0 Å². The van der Waals surface area contributed by atoms with Gasteiger partial charge in [0.15, 0.2) is 24.6 Å². The lowest BCUT2D eigenvalue weighted by Gasteiger charge is -2.29. The third-order valence-corrected chi connectivity index (χ3v) is 12.8. The van der Waals surface area contributed by atoms with Crippen molar-refractivity contribution in [3.8, 4) is 51.3 Å². The molecule has 2 aromatic heterocycles. The molecule has 10 rings (SSSR count). The third-order valence-electron chi connectivity index (χ3n) is 9.70. The highest BCUT2D eigenvalue weighted by Crippen LogP contribution is 2.53. The molecule has 52 heavy (non-hydrogen) atoms. The van der Waals surface area contributed by atoms with Gasteiger partial charge in [-0.15, -0.1) is 0 Å². The Labute approximate surface area is 300 Å². The number of ether oxygens (including phenoxy) is 1. The summed E-state index contributed by atoms with van der Waals surface area (Å²) in [5, 5.41) is 4.18. The Hall–Kier alpha value is -6.62. The molecular formula is C45H29N4O2P. The van der Waals surface area contributed by atoms with Crippen molar-refractivity contribution in [2.24, 2.45) is 0 Å². The van der Waals surface area contributed by atoms with Crippen molar-refractivity contribution in [3.63, 3.8) is 0 Å². The Kier molecular flexibility index (Phi) is 6.98. The molecule has 1 unspecified atom stereocenters. The monoisotopic (exact) mass is 688 g/mol. The van der Waals surface area contributed by atoms with Gasteiger partial charge >= 0.3 is 0 Å². The van der Waals surface area contributed by atoms with Gasteiger partial charge in [0.25, 0.3) is 0 Å². The molecule has 1 aliphatic heterocycles. The molecule has 0 aliphatic carbocycles. The van der Waals surface area contributed by atoms with Crippen LogP contribution in [0.5, 0.6) is 11.5 Å². The summed E-state index contributed by atoms with van der Waals surface area (Å²) < 4.78 is 24.4. The molecule has 7 aromatic carbocycles. The minimum absolute atomic E-state index is 0.575. The fourth-order valence-electron chi connectivity index (χ4n) is 7.26. The Balaban J connectivity index is 1.24. The topological polar surface area (TPSA) is 69.9 Å². The van der Waals surface area contributed by atoms with Crippen molar-refractivity contribution >= 4 is 44.9 Å². The van der Waals surface area contributed by atoms with Crippen LogP contribution in [0.1, 0.15) is 0 Å². The second-order valence-corrected chi connectivity index (χ2v) is 15.5. The van der Waals surface area contributed by atoms with Gasteiger partial charge in [-0.1, -0.05) is 133 Å². The zero-order chi connectivity index (χ0) is 34.6. The third kappa shape index (κ3) is 4.80. The molecule has 0 radical (unpaired) electrons. The van der Waals surface area contributed by atoms with Gasteiger partial charge in [-0.05, 0) is 42.5 Å². The fourth-order valence-corrected chi connectivity index (χ4v) is 10.1. The van der Waals surface area contributed by atoms with E-state index in [4.69, 9.17) is 19.7 Å². The zero-order valence-corrected chi connectivity index (χ0v) is 28.7. The molecule has 0 fully saturated rings. The summed E-state index contributed by atoms with van der Waals surface area (Å²) >= 11 is 0. The van der Waals surface area contributed by atoms with Gasteiger partial charge in [-0.25, -0.2) is 15.0 Å². The van der Waals surface area contributed by atoms with Gasteiger partial charge in [0, 0.05) is 38.5 Å². The van der Waals surface area contributed by atoms with Crippen molar-refractivity contribution in [3.05, 3.63) is 176 Å². The smallest absolute Gasteiger partial charge is 0.178 e. The van der Waals surface area contributed by atoms with Crippen LogP contribution in [0.15, 0.2) is 176 Å². The normalized spacial score (nSPS) is 14.8. The molecule has 0 N–H and O–H groups in total. The summed E-state index contributed by atoms with van der Waals surface area (Å²) in [6.07, 6.45) is 0. The number of aromatic nitrogens is 4. The van der Waals surface area contributed by atoms with Gasteiger partial charge in [-0.3, -0.25) is 0 Å². The number of benzene rings is 7. The van der Waals surface area contributed by atoms with Gasteiger partial charge < -0.3 is 13.9 Å². The van der Waals surface area contributed by atoms with E-state index in [9.17, 15) is 0 Å². The summed E-state index contributed by atoms with van der Waals surface area (Å²) in [6.45, 7) is 0. The second-order valence-electron chi connectivity index (χ2n) is 12.8. The molecule has 0 saturated carbocycles. The molecule has 246 valence electrons. The minimum atomic E-state index is -3.30. The summed E-state index contributed by atoms with van der Waals surface area (Å²) in [5.74, 6) is 3.01. The molecule has 0 bridgehead atoms. The van der Waals surface area contributed by atoms with Crippen molar-refractivity contribution in [1.29, 1.82) is 0 Å². The van der Waals surface area contributed by atoms with Crippen LogP contribution in [0, 0.1) is 0 Å². The molecule has 6 nitrogen and oxygen atoms in total. The maximum atomic E-state index is 15.6. The van der Waals surface area contributed by atoms with E-state index in [2.05, 4.69) is 47.0 Å². The lowest BCUT2D eigenvalue weighted by atomic mass is 10.1. The van der Waals surface area contributed by atoms with Crippen molar-refractivity contribution in [2.75, 3.05) is 0 Å². The summed E-state index contributed by atoms with van der Waals surface area (Å²) in [5.41, 5.74) is 5.57. The Morgan fingerprint density at radius 2 is 0.981 bits per heavy atom. The lowest BCUT2D eigenvalue weighted by Crippen LogP contribution is -2.30. The Morgan fingerprint density at radius 1 is 0.442 bits per heavy atom. The molecular weight excluding hydrogens is 659 g/mol. The molecule has 3 heterocycles. The van der Waals surface area contributed by atoms with Crippen molar-refractivity contribution < 1.29 is 9.30 Å². The van der Waals surface area contributed by atoms with E-state index in [0.29, 0.717) is 39.6 Å². The van der Waals surface area contributed by atoms with Gasteiger partial charge in [-0.2, -0.15) is 0 Å². The molecule has 1 aliphatic rings. The highest BCUT2D eigenvalue weighted by molar-refractivity contribution is 7.85. The van der Waals surface area contributed by atoms with E-state index in [-0.39, 0.29) is 0 Å². The maximum Gasteiger partial charge on any atom is 0.178 e. The van der Waals surface area contributed by atoms with E-state index in [1.807, 2.05) is 133 Å². The summed E-state index contributed by atoms with van der Waals surface area (Å²) in [6, 6.07) is 58.2. The van der Waals surface area contributed by atoms with Crippen LogP contribution in [0.2, 0.25) is 0 Å². The predicted octanol–water partition coefficient (Wildman–Crippen LogP) is 9.71. The zero-order valence-electron chi connectivity index (χ0n) is 27.8. The Bertz CT molecular complexity index is 2780. The summed E-state index contributed by atoms with van der Waals surface area (Å²) in [4.78, 5) is 14.9. The molecule has 0 saturated heterocycles. The standard InChI is InChI=1S/C45H29N4O2P/c50-52(34-21-11-4-12-22-34)41-24-14-13-23-39(41)51-40-28-36-35-26-25-32(27-37(35)49(38(36)29-42(40)52)33-19-9-3-10-20-33)45-47-43(30-15-5-1-6-16-30)46-44(48-45)31-17-7-2-8-18-31/h1-29H. The van der Waals surface area contributed by atoms with E-state index in [1.165, 1.54) is 0 Å². The van der Waals surface area contributed by atoms with Crippen LogP contribution in [0.4, 0.5) is 0 Å². The van der Waals surface area contributed by atoms with Crippen LogP contribution in [-0.4, -0.2) is 19.5 Å². The number of para-hydroxylation sites is 2. The van der Waals surface area contributed by atoms with Gasteiger partial charge in [0.1, 0.15) is 11.5 Å². The molecule has 0 amide bonds. The highest BCUT2D eigenvalue weighted by Gasteiger charge is 2.39. The van der Waals surface area contributed by atoms with Crippen LogP contribution >= 0.6 is 7.14 Å². The van der Waals surface area contributed by atoms with E-state index < -0.39 is 7.14 Å². The van der Waals surface area contributed by atoms with Crippen LogP contribution in [0.3, 0.4) is 0 Å². The number of nitrogens with zero attached hydrogens (tertiary/aromatic N) is 4. The first-order valence-electron chi connectivity index (χ1n) is 17.1. The summed E-state index contributed by atoms with van der Waals surface area (Å²) in [7, 11) is -3.30. The molecule has 9 aromatic rings. The first-order chi connectivity index (χ1) is 25.6. The molecule has 7 heteroatoms. The van der Waals surface area contributed by atoms with Crippen LogP contribution < -0.4 is 20.7 Å². The van der Waals surface area contributed by atoms with Crippen LogP contribution in [0.25, 0.3) is 61.7 Å². The van der Waals surface area contributed by atoms with E-state index >= 15 is 4.57 Å². The SMILES string of the molecule is O=P1(c2ccccc2)c2ccccc2Oc2cc3c4ccc(-c5nc(-c6ccccc6)nc(-c6ccccc6)n5)cc4n(-c4ccccc4)c3cc21. The highest BCUT2D eigenvalue weighted by atomic mass is 31.2. The number of hydrogen-bond donors (Lipinski definition) is 0. The van der Waals surface area contributed by atoms with Crippen molar-refractivity contribution in [2.45, 2.75) is 0 Å². The molecule has 0 spiro atoms. The van der Waals surface area contributed by atoms with Gasteiger partial charge in [0.05, 0.1) is 21.6 Å². The molecule has 1 atom stereocenters. The fraction of sp³-hybridized carbons (Fsp3) is 0. The number of rotatable bonds is 5. The van der Waals surface area contributed by atoms with E-state index in [0.717, 1.165) is 49.5 Å². The first-order valence-corrected chi connectivity index (χ1v) is 18.8. The average molecular weight is 689 g/mol. The lowest BCUT2D eigenvalue weighted by molar-refractivity contribution is 0.486. The number of hydrogen-bond acceptors (Lipinski definition) is 5. The maximum absolute atomic E-state index is 15.6.